The van der Waals surface area contributed by atoms with Crippen molar-refractivity contribution < 1.29 is 17.6 Å². The molecule has 4 rings (SSSR count). The zero-order valence-electron chi connectivity index (χ0n) is 16.1. The predicted molar refractivity (Wildman–Crippen MR) is 103 cm³/mol. The molecule has 2 aliphatic rings. The summed E-state index contributed by atoms with van der Waals surface area (Å²) in [6, 6.07) is 7.47. The van der Waals surface area contributed by atoms with E-state index in [0.29, 0.717) is 24.7 Å². The highest BCUT2D eigenvalue weighted by atomic mass is 32.2. The van der Waals surface area contributed by atoms with Gasteiger partial charge in [-0.3, -0.25) is 4.79 Å². The summed E-state index contributed by atoms with van der Waals surface area (Å²) >= 11 is 0. The first-order valence-electron chi connectivity index (χ1n) is 9.52. The van der Waals surface area contributed by atoms with Crippen molar-refractivity contribution in [3.05, 3.63) is 53.1 Å². The molecule has 0 radical (unpaired) electrons. The maximum Gasteiger partial charge on any atom is 0.255 e. The molecule has 0 bridgehead atoms. The Kier molecular flexibility index (Phi) is 4.79. The molecule has 1 saturated carbocycles. The maximum absolute atomic E-state index is 13.4. The quantitative estimate of drug-likeness (QED) is 0.786. The molecule has 1 aliphatic heterocycles. The molecule has 2 fully saturated rings. The molecule has 0 unspecified atom stereocenters. The van der Waals surface area contributed by atoms with Crippen LogP contribution in [0.5, 0.6) is 0 Å². The van der Waals surface area contributed by atoms with Crippen molar-refractivity contribution in [2.24, 2.45) is 0 Å². The van der Waals surface area contributed by atoms with E-state index in [-0.39, 0.29) is 23.9 Å². The van der Waals surface area contributed by atoms with E-state index in [1.807, 2.05) is 19.9 Å². The van der Waals surface area contributed by atoms with E-state index in [1.165, 1.54) is 22.5 Å². The lowest BCUT2D eigenvalue weighted by molar-refractivity contribution is 0.0697. The van der Waals surface area contributed by atoms with Crippen molar-refractivity contribution in [3.63, 3.8) is 0 Å². The van der Waals surface area contributed by atoms with Crippen LogP contribution >= 0.6 is 0 Å². The summed E-state index contributed by atoms with van der Waals surface area (Å²) in [5.74, 6) is -0.635. The van der Waals surface area contributed by atoms with Crippen LogP contribution < -0.4 is 0 Å². The van der Waals surface area contributed by atoms with E-state index < -0.39 is 15.8 Å². The van der Waals surface area contributed by atoms with Gasteiger partial charge in [0, 0.05) is 43.6 Å². The topological polar surface area (TPSA) is 62.6 Å². The third-order valence-corrected chi connectivity index (χ3v) is 7.48. The number of piperazine rings is 1. The number of carbonyl (C=O) groups is 1. The SMILES string of the molecule is Cc1cc(C(=O)N2CCN(S(=O)(=O)c3cccc(F)c3)CC2)c(C)n1C1CC1. The van der Waals surface area contributed by atoms with Crippen molar-refractivity contribution in [3.8, 4) is 0 Å². The summed E-state index contributed by atoms with van der Waals surface area (Å²) < 4.78 is 42.4. The van der Waals surface area contributed by atoms with Crippen LogP contribution in [-0.2, 0) is 10.0 Å². The van der Waals surface area contributed by atoms with Crippen molar-refractivity contribution in [1.82, 2.24) is 13.8 Å². The van der Waals surface area contributed by atoms with Crippen molar-refractivity contribution in [2.45, 2.75) is 37.6 Å². The first-order valence-corrected chi connectivity index (χ1v) is 11.0. The van der Waals surface area contributed by atoms with Gasteiger partial charge in [-0.15, -0.1) is 0 Å². The number of hydrogen-bond acceptors (Lipinski definition) is 3. The van der Waals surface area contributed by atoms with Gasteiger partial charge in [-0.25, -0.2) is 12.8 Å². The van der Waals surface area contributed by atoms with Gasteiger partial charge in [-0.1, -0.05) is 6.07 Å². The van der Waals surface area contributed by atoms with E-state index in [9.17, 15) is 17.6 Å². The number of benzene rings is 1. The Morgan fingerprint density at radius 1 is 1.07 bits per heavy atom. The minimum atomic E-state index is -3.76. The van der Waals surface area contributed by atoms with Gasteiger partial charge in [0.2, 0.25) is 10.0 Å². The number of aromatic nitrogens is 1. The Balaban J connectivity index is 1.47. The second-order valence-electron chi connectivity index (χ2n) is 7.54. The molecule has 1 aliphatic carbocycles. The van der Waals surface area contributed by atoms with E-state index >= 15 is 0 Å². The van der Waals surface area contributed by atoms with E-state index in [1.54, 1.807) is 4.90 Å². The third-order valence-electron chi connectivity index (χ3n) is 5.59. The number of sulfonamides is 1. The highest BCUT2D eigenvalue weighted by Gasteiger charge is 2.33. The van der Waals surface area contributed by atoms with Gasteiger partial charge < -0.3 is 9.47 Å². The molecule has 28 heavy (non-hydrogen) atoms. The largest absolute Gasteiger partial charge is 0.345 e. The summed E-state index contributed by atoms with van der Waals surface area (Å²) in [7, 11) is -3.76. The molecular weight excluding hydrogens is 381 g/mol. The van der Waals surface area contributed by atoms with E-state index in [0.717, 1.165) is 30.3 Å². The monoisotopic (exact) mass is 405 g/mol. The summed E-state index contributed by atoms with van der Waals surface area (Å²) in [4.78, 5) is 14.6. The lowest BCUT2D eigenvalue weighted by atomic mass is 10.2. The van der Waals surface area contributed by atoms with E-state index in [2.05, 4.69) is 4.57 Å². The van der Waals surface area contributed by atoms with Crippen molar-refractivity contribution >= 4 is 15.9 Å². The van der Waals surface area contributed by atoms with Gasteiger partial charge >= 0.3 is 0 Å². The first-order chi connectivity index (χ1) is 13.3. The molecule has 0 N–H and O–H groups in total. The van der Waals surface area contributed by atoms with Crippen LogP contribution in [0.2, 0.25) is 0 Å². The minimum absolute atomic E-state index is 0.0530. The van der Waals surface area contributed by atoms with Gasteiger partial charge in [0.05, 0.1) is 10.5 Å². The first kappa shape index (κ1) is 19.1. The number of nitrogens with zero attached hydrogens (tertiary/aromatic N) is 3. The molecular formula is C20H24FN3O3S. The second-order valence-corrected chi connectivity index (χ2v) is 9.48. The Morgan fingerprint density at radius 3 is 2.36 bits per heavy atom. The summed E-state index contributed by atoms with van der Waals surface area (Å²) in [6.45, 7) is 5.04. The van der Waals surface area contributed by atoms with Crippen LogP contribution in [0.25, 0.3) is 0 Å². The fraction of sp³-hybridized carbons (Fsp3) is 0.450. The van der Waals surface area contributed by atoms with E-state index in [4.69, 9.17) is 0 Å². The number of hydrogen-bond donors (Lipinski definition) is 0. The number of amides is 1. The Hall–Kier alpha value is -2.19. The summed E-state index contributed by atoms with van der Waals surface area (Å²) in [5, 5.41) is 0. The molecule has 0 atom stereocenters. The second kappa shape index (κ2) is 7.00. The van der Waals surface area contributed by atoms with Gasteiger partial charge in [-0.2, -0.15) is 4.31 Å². The molecule has 2 heterocycles. The highest BCUT2D eigenvalue weighted by Crippen LogP contribution is 2.38. The zero-order chi connectivity index (χ0) is 20.1. The summed E-state index contributed by atoms with van der Waals surface area (Å²) in [6.07, 6.45) is 2.31. The van der Waals surface area contributed by atoms with Crippen LogP contribution in [0.3, 0.4) is 0 Å². The molecule has 1 aromatic heterocycles. The fourth-order valence-corrected chi connectivity index (χ4v) is 5.42. The molecule has 150 valence electrons. The van der Waals surface area contributed by atoms with Gasteiger partial charge in [0.15, 0.2) is 0 Å². The van der Waals surface area contributed by atoms with Crippen LogP contribution in [-0.4, -0.2) is 54.3 Å². The minimum Gasteiger partial charge on any atom is -0.345 e. The number of aryl methyl sites for hydroxylation is 1. The van der Waals surface area contributed by atoms with Crippen LogP contribution in [0.4, 0.5) is 4.39 Å². The number of rotatable bonds is 4. The molecule has 2 aromatic rings. The molecule has 1 saturated heterocycles. The molecule has 8 heteroatoms. The van der Waals surface area contributed by atoms with Gasteiger partial charge in [0.25, 0.3) is 5.91 Å². The average Bonchev–Trinajstić information content (AvgIpc) is 3.46. The van der Waals surface area contributed by atoms with Crippen molar-refractivity contribution in [1.29, 1.82) is 0 Å². The molecule has 6 nitrogen and oxygen atoms in total. The molecule has 0 spiro atoms. The molecule has 1 aromatic carbocycles. The Morgan fingerprint density at radius 2 is 1.75 bits per heavy atom. The van der Waals surface area contributed by atoms with Crippen LogP contribution in [0, 0.1) is 19.7 Å². The Labute approximate surface area is 164 Å². The van der Waals surface area contributed by atoms with Gasteiger partial charge in [0.1, 0.15) is 5.82 Å². The lowest BCUT2D eigenvalue weighted by Gasteiger charge is -2.34. The normalized spacial score (nSPS) is 18.5. The third kappa shape index (κ3) is 3.35. The highest BCUT2D eigenvalue weighted by molar-refractivity contribution is 7.89. The fourth-order valence-electron chi connectivity index (χ4n) is 3.97. The van der Waals surface area contributed by atoms with Crippen LogP contribution in [0.15, 0.2) is 35.2 Å². The molecule has 1 amide bonds. The Bertz CT molecular complexity index is 1020. The standard InChI is InChI=1S/C20H24FN3O3S/c1-14-12-19(15(2)24(14)17-6-7-17)20(25)22-8-10-23(11-9-22)28(26,27)18-5-3-4-16(21)13-18/h3-5,12-13,17H,6-11H2,1-2H3. The number of carbonyl (C=O) groups excluding carboxylic acids is 1. The number of halogens is 1. The van der Waals surface area contributed by atoms with Crippen molar-refractivity contribution in [2.75, 3.05) is 26.2 Å². The predicted octanol–water partition coefficient (Wildman–Crippen LogP) is 2.73. The smallest absolute Gasteiger partial charge is 0.255 e. The lowest BCUT2D eigenvalue weighted by Crippen LogP contribution is -2.50. The maximum atomic E-state index is 13.4. The summed E-state index contributed by atoms with van der Waals surface area (Å²) in [5.41, 5.74) is 2.78. The zero-order valence-corrected chi connectivity index (χ0v) is 16.9. The van der Waals surface area contributed by atoms with Gasteiger partial charge in [-0.05, 0) is 51.0 Å². The average molecular weight is 405 g/mol. The van der Waals surface area contributed by atoms with Crippen LogP contribution in [0.1, 0.15) is 40.6 Å².